The lowest BCUT2D eigenvalue weighted by Gasteiger charge is -2.32. The van der Waals surface area contributed by atoms with Crippen LogP contribution in [0.4, 0.5) is 0 Å². The van der Waals surface area contributed by atoms with Crippen molar-refractivity contribution in [2.24, 2.45) is 11.8 Å². The van der Waals surface area contributed by atoms with Crippen LogP contribution in [0.5, 0.6) is 0 Å². The summed E-state index contributed by atoms with van der Waals surface area (Å²) in [6.07, 6.45) is 5.60. The zero-order chi connectivity index (χ0) is 23.6. The Labute approximate surface area is 203 Å². The lowest BCUT2D eigenvalue weighted by atomic mass is 9.56. The molecule has 0 amide bonds. The van der Waals surface area contributed by atoms with Crippen molar-refractivity contribution < 1.29 is 0 Å². The molecule has 2 bridgehead atoms. The monoisotopic (exact) mass is 396 g/mol. The molecule has 140 valence electrons. The molecule has 2 aliphatic carbocycles. The smallest absolute Gasteiger partial charge is 0.100 e. The van der Waals surface area contributed by atoms with Crippen LogP contribution in [-0.4, -0.2) is 62.8 Å². The fourth-order valence-electron chi connectivity index (χ4n) is 5.89. The predicted octanol–water partition coefficient (Wildman–Crippen LogP) is -2.71. The third kappa shape index (κ3) is 3.56. The van der Waals surface area contributed by atoms with Crippen molar-refractivity contribution in [3.8, 4) is 11.1 Å². The molecular formula is C24H20B8. The van der Waals surface area contributed by atoms with E-state index in [1.54, 1.807) is 0 Å². The fraction of sp³-hybridized carbons (Fsp3) is 0.417. The van der Waals surface area contributed by atoms with Gasteiger partial charge in [0.2, 0.25) is 0 Å². The first-order chi connectivity index (χ1) is 15.0. The van der Waals surface area contributed by atoms with Gasteiger partial charge in [0.25, 0.3) is 0 Å². The minimum atomic E-state index is 0.0398. The zero-order valence-corrected chi connectivity index (χ0v) is 19.1. The van der Waals surface area contributed by atoms with Gasteiger partial charge in [-0.25, -0.2) is 0 Å². The highest BCUT2D eigenvalue weighted by atomic mass is 14.4. The van der Waals surface area contributed by atoms with Gasteiger partial charge < -0.3 is 0 Å². The maximum atomic E-state index is 6.61. The Bertz CT molecular complexity index is 1090. The summed E-state index contributed by atoms with van der Waals surface area (Å²) in [5.74, 6) is 1.24. The molecule has 0 nitrogen and oxygen atoms in total. The first kappa shape index (κ1) is 23.8. The van der Waals surface area contributed by atoms with Gasteiger partial charge in [0.05, 0.1) is 0 Å². The Balaban J connectivity index is 1.95. The maximum absolute atomic E-state index is 6.61. The minimum absolute atomic E-state index is 0.0398. The Morgan fingerprint density at radius 2 is 1.16 bits per heavy atom. The van der Waals surface area contributed by atoms with E-state index in [1.165, 1.54) is 5.57 Å². The summed E-state index contributed by atoms with van der Waals surface area (Å²) < 4.78 is 0. The SMILES string of the molecule is [B]c1c([B])c(C(C)C)c([B])c([B])c1-c1c([B])c([B])c(C2C=C3CC(C)CC2C3)c([B])c1[B]. The second-order valence-corrected chi connectivity index (χ2v) is 9.90. The molecule has 3 atom stereocenters. The number of hydrogen-bond acceptors (Lipinski definition) is 0. The summed E-state index contributed by atoms with van der Waals surface area (Å²) in [4.78, 5) is 0. The average molecular weight is 395 g/mol. The molecule has 0 N–H and O–H groups in total. The van der Waals surface area contributed by atoms with Crippen LogP contribution in [0.25, 0.3) is 11.1 Å². The molecule has 0 spiro atoms. The molecule has 16 radical (unpaired) electrons. The number of allylic oxidation sites excluding steroid dienone is 2. The highest BCUT2D eigenvalue weighted by molar-refractivity contribution is 6.65. The van der Waals surface area contributed by atoms with Crippen molar-refractivity contribution in [3.05, 3.63) is 22.8 Å². The van der Waals surface area contributed by atoms with E-state index >= 15 is 0 Å². The van der Waals surface area contributed by atoms with E-state index in [1.807, 2.05) is 13.8 Å². The molecule has 2 aliphatic rings. The van der Waals surface area contributed by atoms with Gasteiger partial charge in [-0.2, -0.15) is 0 Å². The van der Waals surface area contributed by atoms with Crippen molar-refractivity contribution in [1.29, 1.82) is 0 Å². The van der Waals surface area contributed by atoms with Gasteiger partial charge in [0, 0.05) is 5.92 Å². The number of rotatable bonds is 3. The Kier molecular flexibility index (Phi) is 6.32. The molecule has 1 fully saturated rings. The third-order valence-electron chi connectivity index (χ3n) is 7.32. The normalized spacial score (nSPS) is 22.4. The van der Waals surface area contributed by atoms with Crippen molar-refractivity contribution in [2.75, 3.05) is 0 Å². The molecule has 8 heteroatoms. The lowest BCUT2D eigenvalue weighted by molar-refractivity contribution is 0.343. The third-order valence-corrected chi connectivity index (χ3v) is 7.32. The van der Waals surface area contributed by atoms with Crippen LogP contribution in [0.3, 0.4) is 0 Å². The molecule has 0 saturated heterocycles. The van der Waals surface area contributed by atoms with Crippen LogP contribution in [-0.2, 0) is 0 Å². The highest BCUT2D eigenvalue weighted by Gasteiger charge is 2.36. The second-order valence-electron chi connectivity index (χ2n) is 9.90. The molecule has 0 heterocycles. The largest absolute Gasteiger partial charge is 0.113 e. The summed E-state index contributed by atoms with van der Waals surface area (Å²) >= 11 is 0. The van der Waals surface area contributed by atoms with Gasteiger partial charge in [0.15, 0.2) is 0 Å². The first-order valence-corrected chi connectivity index (χ1v) is 11.2. The van der Waals surface area contributed by atoms with Crippen molar-refractivity contribution in [3.63, 3.8) is 0 Å². The standard InChI is InChI=1S/C24H20B8/c1-8(2)13-17(25)21(29)15(22(30)18(13)26)16-23(31)19(27)14(20(28)24(16)32)12-7-10-4-9(3)5-11(12)6-10/h7-9,11-12H,4-6H2,1-3H3. The summed E-state index contributed by atoms with van der Waals surface area (Å²) in [6, 6.07) is 0. The van der Waals surface area contributed by atoms with E-state index in [4.69, 9.17) is 62.8 Å². The van der Waals surface area contributed by atoms with Crippen LogP contribution in [0.2, 0.25) is 0 Å². The van der Waals surface area contributed by atoms with E-state index in [0.29, 0.717) is 61.3 Å². The molecule has 0 aliphatic heterocycles. The Morgan fingerprint density at radius 3 is 1.62 bits per heavy atom. The topological polar surface area (TPSA) is 0 Å². The zero-order valence-electron chi connectivity index (χ0n) is 19.1. The summed E-state index contributed by atoms with van der Waals surface area (Å²) in [7, 11) is 52.0. The molecule has 0 aromatic heterocycles. The van der Waals surface area contributed by atoms with E-state index in [0.717, 1.165) is 24.8 Å². The number of hydrogen-bond donors (Lipinski definition) is 0. The van der Waals surface area contributed by atoms with Crippen LogP contribution < -0.4 is 43.7 Å². The van der Waals surface area contributed by atoms with Gasteiger partial charge >= 0.3 is 0 Å². The van der Waals surface area contributed by atoms with E-state index < -0.39 is 0 Å². The summed E-state index contributed by atoms with van der Waals surface area (Å²) in [5.41, 5.74) is 6.46. The van der Waals surface area contributed by atoms with Crippen molar-refractivity contribution >= 4 is 106 Å². The van der Waals surface area contributed by atoms with Gasteiger partial charge in [-0.3, -0.25) is 0 Å². The maximum Gasteiger partial charge on any atom is 0.113 e. The highest BCUT2D eigenvalue weighted by Crippen LogP contribution is 2.47. The van der Waals surface area contributed by atoms with Crippen LogP contribution in [0.1, 0.15) is 63.0 Å². The van der Waals surface area contributed by atoms with Gasteiger partial charge in [0.1, 0.15) is 62.8 Å². The average Bonchev–Trinajstić information content (AvgIpc) is 3.01. The Hall–Kier alpha value is -1.30. The summed E-state index contributed by atoms with van der Waals surface area (Å²) in [5, 5.41) is 0. The number of benzene rings is 2. The van der Waals surface area contributed by atoms with Gasteiger partial charge in [-0.05, 0) is 48.1 Å². The van der Waals surface area contributed by atoms with Gasteiger partial charge in [-0.1, -0.05) is 76.3 Å². The van der Waals surface area contributed by atoms with Crippen LogP contribution >= 0.6 is 0 Å². The molecular weight excluding hydrogens is 375 g/mol. The number of fused-ring (bicyclic) bond motifs is 2. The molecule has 2 aromatic carbocycles. The lowest BCUT2D eigenvalue weighted by Crippen LogP contribution is -2.52. The Morgan fingerprint density at radius 1 is 0.688 bits per heavy atom. The second kappa shape index (κ2) is 8.48. The van der Waals surface area contributed by atoms with Crippen LogP contribution in [0.15, 0.2) is 11.6 Å². The minimum Gasteiger partial charge on any atom is -0.100 e. The molecule has 1 saturated carbocycles. The van der Waals surface area contributed by atoms with Crippen molar-refractivity contribution in [1.82, 2.24) is 0 Å². The van der Waals surface area contributed by atoms with E-state index in [-0.39, 0.29) is 22.8 Å². The first-order valence-electron chi connectivity index (χ1n) is 11.2. The molecule has 4 rings (SSSR count). The molecule has 32 heavy (non-hydrogen) atoms. The molecule has 2 aromatic rings. The fourth-order valence-corrected chi connectivity index (χ4v) is 5.89. The quantitative estimate of drug-likeness (QED) is 0.392. The van der Waals surface area contributed by atoms with Crippen LogP contribution in [0, 0.1) is 11.8 Å². The van der Waals surface area contributed by atoms with E-state index in [2.05, 4.69) is 13.0 Å². The van der Waals surface area contributed by atoms with Crippen molar-refractivity contribution in [2.45, 2.75) is 51.9 Å². The summed E-state index contributed by atoms with van der Waals surface area (Å²) in [6.45, 7) is 6.23. The van der Waals surface area contributed by atoms with Gasteiger partial charge in [-0.15, -0.1) is 10.9 Å². The van der Waals surface area contributed by atoms with E-state index in [9.17, 15) is 0 Å². The molecule has 3 unspecified atom stereocenters. The predicted molar refractivity (Wildman–Crippen MR) is 146 cm³/mol.